The lowest BCUT2D eigenvalue weighted by atomic mass is 10.1. The number of rotatable bonds is 7. The van der Waals surface area contributed by atoms with E-state index in [1.165, 1.54) is 0 Å². The van der Waals surface area contributed by atoms with Gasteiger partial charge in [-0.1, -0.05) is 12.1 Å². The van der Waals surface area contributed by atoms with Gasteiger partial charge in [-0.3, -0.25) is 9.59 Å². The van der Waals surface area contributed by atoms with E-state index in [4.69, 9.17) is 10.2 Å². The summed E-state index contributed by atoms with van der Waals surface area (Å²) in [5.74, 6) is -2.52. The van der Waals surface area contributed by atoms with E-state index in [-0.39, 0.29) is 0 Å². The van der Waals surface area contributed by atoms with Crippen LogP contribution in [0.1, 0.15) is 22.3 Å². The number of aliphatic carboxylic acids is 2. The molecule has 3 N–H and O–H groups in total. The lowest BCUT2D eigenvalue weighted by Gasteiger charge is -2.12. The Balaban J connectivity index is 2.80. The molecule has 0 saturated carbocycles. The molecule has 0 bridgehead atoms. The van der Waals surface area contributed by atoms with Crippen LogP contribution in [0.3, 0.4) is 0 Å². The molecule has 1 unspecified atom stereocenters. The molecular formula is C13H15NO5S. The van der Waals surface area contributed by atoms with Crippen LogP contribution in [0.2, 0.25) is 0 Å². The standard InChI is InChI=1S/C13H15NO5S/c1-20-7-8-3-2-4-9(5-8)12(17)14-10(13(18)19)6-11(15)16/h2-5,10H,6-7H2,1H3,(H,14,17)(H,15,16)(H,18,19). The van der Waals surface area contributed by atoms with Crippen molar-refractivity contribution >= 4 is 29.6 Å². The molecule has 0 aliphatic carbocycles. The van der Waals surface area contributed by atoms with Gasteiger partial charge >= 0.3 is 11.9 Å². The minimum Gasteiger partial charge on any atom is -0.481 e. The largest absolute Gasteiger partial charge is 0.481 e. The van der Waals surface area contributed by atoms with Crippen LogP contribution in [-0.2, 0) is 15.3 Å². The van der Waals surface area contributed by atoms with Crippen molar-refractivity contribution in [2.24, 2.45) is 0 Å². The van der Waals surface area contributed by atoms with E-state index in [9.17, 15) is 14.4 Å². The van der Waals surface area contributed by atoms with E-state index in [1.54, 1.807) is 30.0 Å². The Morgan fingerprint density at radius 2 is 2.00 bits per heavy atom. The fourth-order valence-electron chi connectivity index (χ4n) is 1.59. The molecule has 1 atom stereocenters. The monoisotopic (exact) mass is 297 g/mol. The number of hydrogen-bond donors (Lipinski definition) is 3. The Bertz CT molecular complexity index is 517. The molecule has 20 heavy (non-hydrogen) atoms. The second-order valence-corrected chi connectivity index (χ2v) is 4.96. The molecule has 0 aromatic heterocycles. The van der Waals surface area contributed by atoms with Crippen molar-refractivity contribution in [1.82, 2.24) is 5.32 Å². The van der Waals surface area contributed by atoms with E-state index in [1.807, 2.05) is 12.3 Å². The molecule has 1 aromatic rings. The van der Waals surface area contributed by atoms with Gasteiger partial charge in [0.25, 0.3) is 5.91 Å². The van der Waals surface area contributed by atoms with Crippen molar-refractivity contribution in [3.8, 4) is 0 Å². The van der Waals surface area contributed by atoms with Crippen molar-refractivity contribution in [1.29, 1.82) is 0 Å². The minimum atomic E-state index is -1.44. The Labute approximate surface area is 120 Å². The first kappa shape index (κ1) is 16.0. The summed E-state index contributed by atoms with van der Waals surface area (Å²) in [5, 5.41) is 19.7. The SMILES string of the molecule is CSCc1cccc(C(=O)NC(CC(=O)O)C(=O)O)c1. The van der Waals surface area contributed by atoms with Gasteiger partial charge in [0.15, 0.2) is 0 Å². The van der Waals surface area contributed by atoms with E-state index in [2.05, 4.69) is 5.32 Å². The highest BCUT2D eigenvalue weighted by molar-refractivity contribution is 7.97. The van der Waals surface area contributed by atoms with Crippen LogP contribution in [0.25, 0.3) is 0 Å². The smallest absolute Gasteiger partial charge is 0.326 e. The number of thioether (sulfide) groups is 1. The van der Waals surface area contributed by atoms with E-state index >= 15 is 0 Å². The van der Waals surface area contributed by atoms with Crippen molar-refractivity contribution in [2.45, 2.75) is 18.2 Å². The molecule has 1 rings (SSSR count). The molecule has 0 fully saturated rings. The average Bonchev–Trinajstić information content (AvgIpc) is 2.38. The van der Waals surface area contributed by atoms with E-state index < -0.39 is 30.3 Å². The van der Waals surface area contributed by atoms with Crippen LogP contribution in [0.5, 0.6) is 0 Å². The molecule has 0 heterocycles. The number of carboxylic acids is 2. The fraction of sp³-hybridized carbons (Fsp3) is 0.308. The minimum absolute atomic E-state index is 0.313. The second-order valence-electron chi connectivity index (χ2n) is 4.10. The molecule has 6 nitrogen and oxygen atoms in total. The van der Waals surface area contributed by atoms with E-state index in [0.717, 1.165) is 11.3 Å². The summed E-state index contributed by atoms with van der Waals surface area (Å²) in [4.78, 5) is 33.4. The van der Waals surface area contributed by atoms with Gasteiger partial charge < -0.3 is 15.5 Å². The predicted octanol–water partition coefficient (Wildman–Crippen LogP) is 1.21. The number of hydrogen-bond acceptors (Lipinski definition) is 4. The molecule has 1 aromatic carbocycles. The highest BCUT2D eigenvalue weighted by Gasteiger charge is 2.23. The first-order chi connectivity index (χ1) is 9.43. The van der Waals surface area contributed by atoms with Crippen LogP contribution in [0.15, 0.2) is 24.3 Å². The van der Waals surface area contributed by atoms with Gasteiger partial charge in [-0.05, 0) is 24.0 Å². The Hall–Kier alpha value is -2.02. The van der Waals surface area contributed by atoms with Crippen molar-refractivity contribution in [2.75, 3.05) is 6.26 Å². The molecule has 108 valence electrons. The van der Waals surface area contributed by atoms with Crippen molar-refractivity contribution in [3.05, 3.63) is 35.4 Å². The highest BCUT2D eigenvalue weighted by atomic mass is 32.2. The Morgan fingerprint density at radius 1 is 1.30 bits per heavy atom. The predicted molar refractivity (Wildman–Crippen MR) is 74.8 cm³/mol. The first-order valence-corrected chi connectivity index (χ1v) is 7.16. The average molecular weight is 297 g/mol. The highest BCUT2D eigenvalue weighted by Crippen LogP contribution is 2.11. The third kappa shape index (κ3) is 4.93. The summed E-state index contributed by atoms with van der Waals surface area (Å²) < 4.78 is 0. The van der Waals surface area contributed by atoms with Gasteiger partial charge in [-0.25, -0.2) is 4.79 Å². The quantitative estimate of drug-likeness (QED) is 0.699. The number of carboxylic acid groups (broad SMARTS) is 2. The molecule has 0 aliphatic heterocycles. The molecular weight excluding hydrogens is 282 g/mol. The van der Waals surface area contributed by atoms with Gasteiger partial charge in [-0.15, -0.1) is 0 Å². The van der Waals surface area contributed by atoms with Crippen LogP contribution >= 0.6 is 11.8 Å². The van der Waals surface area contributed by atoms with Crippen molar-refractivity contribution in [3.63, 3.8) is 0 Å². The topological polar surface area (TPSA) is 104 Å². The lowest BCUT2D eigenvalue weighted by Crippen LogP contribution is -2.42. The number of amides is 1. The van der Waals surface area contributed by atoms with Gasteiger partial charge in [0.2, 0.25) is 0 Å². The van der Waals surface area contributed by atoms with Crippen LogP contribution in [-0.4, -0.2) is 40.4 Å². The Morgan fingerprint density at radius 3 is 2.55 bits per heavy atom. The molecule has 1 amide bonds. The lowest BCUT2D eigenvalue weighted by molar-refractivity contribution is -0.145. The van der Waals surface area contributed by atoms with Gasteiger partial charge in [-0.2, -0.15) is 11.8 Å². The Kier molecular flexibility index (Phi) is 6.05. The first-order valence-electron chi connectivity index (χ1n) is 5.77. The third-order valence-corrected chi connectivity index (χ3v) is 3.10. The summed E-state index contributed by atoms with van der Waals surface area (Å²) in [6.07, 6.45) is 1.27. The zero-order chi connectivity index (χ0) is 15.1. The maximum atomic E-state index is 11.9. The maximum Gasteiger partial charge on any atom is 0.326 e. The van der Waals surface area contributed by atoms with Crippen LogP contribution < -0.4 is 5.32 Å². The molecule has 0 radical (unpaired) electrons. The molecule has 0 aliphatic rings. The van der Waals surface area contributed by atoms with Crippen molar-refractivity contribution < 1.29 is 24.6 Å². The summed E-state index contributed by atoms with van der Waals surface area (Å²) in [6, 6.07) is 5.33. The summed E-state index contributed by atoms with van der Waals surface area (Å²) >= 11 is 1.60. The fourth-order valence-corrected chi connectivity index (χ4v) is 2.10. The number of carbonyl (C=O) groups is 3. The number of carbonyl (C=O) groups excluding carboxylic acids is 1. The summed E-state index contributed by atoms with van der Waals surface area (Å²) in [6.45, 7) is 0. The number of benzene rings is 1. The van der Waals surface area contributed by atoms with Crippen LogP contribution in [0, 0.1) is 0 Å². The van der Waals surface area contributed by atoms with Gasteiger partial charge in [0, 0.05) is 11.3 Å². The summed E-state index contributed by atoms with van der Waals surface area (Å²) in [7, 11) is 0. The van der Waals surface area contributed by atoms with Gasteiger partial charge in [0.05, 0.1) is 6.42 Å². The van der Waals surface area contributed by atoms with Crippen LogP contribution in [0.4, 0.5) is 0 Å². The summed E-state index contributed by atoms with van der Waals surface area (Å²) in [5.41, 5.74) is 1.25. The normalized spacial score (nSPS) is 11.7. The molecule has 7 heteroatoms. The third-order valence-electron chi connectivity index (χ3n) is 2.48. The maximum absolute atomic E-state index is 11.9. The zero-order valence-corrected chi connectivity index (χ0v) is 11.6. The molecule has 0 saturated heterocycles. The second kappa shape index (κ2) is 7.54. The molecule has 0 spiro atoms. The van der Waals surface area contributed by atoms with E-state index in [0.29, 0.717) is 5.56 Å². The zero-order valence-electron chi connectivity index (χ0n) is 10.8. The number of nitrogens with one attached hydrogen (secondary N) is 1. The van der Waals surface area contributed by atoms with Gasteiger partial charge in [0.1, 0.15) is 6.04 Å².